The van der Waals surface area contributed by atoms with E-state index in [1.807, 2.05) is 0 Å². The van der Waals surface area contributed by atoms with Crippen molar-refractivity contribution in [3.05, 3.63) is 0 Å². The molecule has 0 nitrogen and oxygen atoms in total. The molecule has 2 aliphatic rings. The Balaban J connectivity index is 2.10. The molecule has 2 saturated carbocycles. The molecular weight excluding hydrogens is 132 g/mol. The third-order valence-corrected chi connectivity index (χ3v) is 3.66. The van der Waals surface area contributed by atoms with Crippen molar-refractivity contribution < 1.29 is 0 Å². The van der Waals surface area contributed by atoms with Crippen LogP contribution in [-0.4, -0.2) is 5.38 Å². The van der Waals surface area contributed by atoms with Gasteiger partial charge >= 0.3 is 0 Å². The van der Waals surface area contributed by atoms with Crippen molar-refractivity contribution in [1.29, 1.82) is 0 Å². The van der Waals surface area contributed by atoms with Gasteiger partial charge in [-0.3, -0.25) is 0 Å². The number of hydrogen-bond donors (Lipinski definition) is 0. The van der Waals surface area contributed by atoms with Crippen LogP contribution in [0.4, 0.5) is 0 Å². The monoisotopic (exact) mass is 144 g/mol. The van der Waals surface area contributed by atoms with E-state index in [0.29, 0.717) is 5.38 Å². The van der Waals surface area contributed by atoms with Crippen molar-refractivity contribution in [1.82, 2.24) is 0 Å². The first-order valence-corrected chi connectivity index (χ1v) is 4.35. The third kappa shape index (κ3) is 0.797. The second-order valence-corrected chi connectivity index (χ2v) is 4.28. The lowest BCUT2D eigenvalue weighted by Crippen LogP contribution is -2.14. The summed E-state index contributed by atoms with van der Waals surface area (Å²) in [5.41, 5.74) is 0. The molecule has 0 N–H and O–H groups in total. The zero-order valence-corrected chi connectivity index (χ0v) is 6.56. The summed E-state index contributed by atoms with van der Waals surface area (Å²) in [6.45, 7) is 2.37. The Kier molecular flexibility index (Phi) is 1.26. The molecule has 0 spiro atoms. The van der Waals surface area contributed by atoms with Crippen LogP contribution in [0.25, 0.3) is 0 Å². The number of alkyl halides is 1. The van der Waals surface area contributed by atoms with Gasteiger partial charge in [-0.1, -0.05) is 6.92 Å². The molecule has 52 valence electrons. The fraction of sp³-hybridized carbons (Fsp3) is 1.00. The predicted molar refractivity (Wildman–Crippen MR) is 39.6 cm³/mol. The molecule has 0 amide bonds. The van der Waals surface area contributed by atoms with Gasteiger partial charge in [0, 0.05) is 5.38 Å². The molecule has 2 fully saturated rings. The molecule has 0 aliphatic heterocycles. The molecule has 2 aliphatic carbocycles. The molecule has 0 aromatic carbocycles. The molecule has 4 unspecified atom stereocenters. The van der Waals surface area contributed by atoms with E-state index in [9.17, 15) is 0 Å². The summed E-state index contributed by atoms with van der Waals surface area (Å²) >= 11 is 6.07. The largest absolute Gasteiger partial charge is 0.123 e. The van der Waals surface area contributed by atoms with E-state index in [2.05, 4.69) is 6.92 Å². The highest BCUT2D eigenvalue weighted by atomic mass is 35.5. The quantitative estimate of drug-likeness (QED) is 0.459. The fourth-order valence-corrected chi connectivity index (χ4v) is 2.93. The number of halogens is 1. The van der Waals surface area contributed by atoms with Crippen LogP contribution in [0, 0.1) is 17.8 Å². The minimum atomic E-state index is 0.534. The SMILES string of the molecule is CC1CC2CC1CC2Cl. The van der Waals surface area contributed by atoms with Crippen molar-refractivity contribution >= 4 is 11.6 Å². The van der Waals surface area contributed by atoms with Gasteiger partial charge in [-0.25, -0.2) is 0 Å². The highest BCUT2D eigenvalue weighted by Crippen LogP contribution is 2.50. The molecule has 0 aromatic rings. The predicted octanol–water partition coefficient (Wildman–Crippen LogP) is 2.66. The minimum absolute atomic E-state index is 0.534. The van der Waals surface area contributed by atoms with Crippen molar-refractivity contribution in [3.63, 3.8) is 0 Å². The van der Waals surface area contributed by atoms with Crippen LogP contribution in [0.1, 0.15) is 26.2 Å². The highest BCUT2D eigenvalue weighted by molar-refractivity contribution is 6.21. The molecule has 0 aromatic heterocycles. The molecule has 0 saturated heterocycles. The van der Waals surface area contributed by atoms with Gasteiger partial charge in [0.15, 0.2) is 0 Å². The highest BCUT2D eigenvalue weighted by Gasteiger charge is 2.42. The maximum Gasteiger partial charge on any atom is 0.0367 e. The van der Waals surface area contributed by atoms with Crippen LogP contribution in [0.3, 0.4) is 0 Å². The molecule has 1 heteroatoms. The van der Waals surface area contributed by atoms with Crippen LogP contribution in [-0.2, 0) is 0 Å². The summed E-state index contributed by atoms with van der Waals surface area (Å²) in [5.74, 6) is 2.84. The van der Waals surface area contributed by atoms with Gasteiger partial charge in [-0.05, 0) is 37.0 Å². The van der Waals surface area contributed by atoms with Crippen LogP contribution in [0.15, 0.2) is 0 Å². The summed E-state index contributed by atoms with van der Waals surface area (Å²) in [6, 6.07) is 0. The number of rotatable bonds is 0. The Bertz CT molecular complexity index is 104. The first kappa shape index (κ1) is 6.03. The Morgan fingerprint density at radius 3 is 2.22 bits per heavy atom. The van der Waals surface area contributed by atoms with Gasteiger partial charge in [-0.2, -0.15) is 0 Å². The molecule has 0 heterocycles. The topological polar surface area (TPSA) is 0 Å². The third-order valence-electron chi connectivity index (χ3n) is 3.12. The number of fused-ring (bicyclic) bond motifs is 2. The average Bonchev–Trinajstić information content (AvgIpc) is 2.24. The van der Waals surface area contributed by atoms with Gasteiger partial charge in [0.05, 0.1) is 0 Å². The fourth-order valence-electron chi connectivity index (χ4n) is 2.49. The summed E-state index contributed by atoms with van der Waals surface area (Å²) in [6.07, 6.45) is 4.13. The first-order chi connectivity index (χ1) is 4.27. The van der Waals surface area contributed by atoms with E-state index in [1.54, 1.807) is 0 Å². The summed E-state index contributed by atoms with van der Waals surface area (Å²) in [5, 5.41) is 0.534. The van der Waals surface area contributed by atoms with Crippen LogP contribution in [0.2, 0.25) is 0 Å². The lowest BCUT2D eigenvalue weighted by atomic mass is 9.90. The van der Waals surface area contributed by atoms with Crippen LogP contribution in [0.5, 0.6) is 0 Å². The van der Waals surface area contributed by atoms with E-state index >= 15 is 0 Å². The van der Waals surface area contributed by atoms with Crippen LogP contribution >= 0.6 is 11.6 Å². The molecule has 0 radical (unpaired) electrons. The average molecular weight is 145 g/mol. The Morgan fingerprint density at radius 1 is 1.11 bits per heavy atom. The normalized spacial score (nSPS) is 56.7. The minimum Gasteiger partial charge on any atom is -0.123 e. The van der Waals surface area contributed by atoms with E-state index in [4.69, 9.17) is 11.6 Å². The van der Waals surface area contributed by atoms with Gasteiger partial charge in [0.2, 0.25) is 0 Å². The molecule has 9 heavy (non-hydrogen) atoms. The molecule has 4 atom stereocenters. The Morgan fingerprint density at radius 2 is 1.89 bits per heavy atom. The first-order valence-electron chi connectivity index (χ1n) is 3.91. The summed E-state index contributed by atoms with van der Waals surface area (Å²) < 4.78 is 0. The molecule has 2 bridgehead atoms. The van der Waals surface area contributed by atoms with E-state index < -0.39 is 0 Å². The van der Waals surface area contributed by atoms with Gasteiger partial charge < -0.3 is 0 Å². The van der Waals surface area contributed by atoms with Gasteiger partial charge in [0.1, 0.15) is 0 Å². The maximum atomic E-state index is 6.07. The van der Waals surface area contributed by atoms with Crippen LogP contribution < -0.4 is 0 Å². The lowest BCUT2D eigenvalue weighted by molar-refractivity contribution is 0.364. The second-order valence-electron chi connectivity index (χ2n) is 3.72. The summed E-state index contributed by atoms with van der Waals surface area (Å²) in [7, 11) is 0. The van der Waals surface area contributed by atoms with Crippen molar-refractivity contribution in [2.24, 2.45) is 17.8 Å². The smallest absolute Gasteiger partial charge is 0.0367 e. The van der Waals surface area contributed by atoms with Gasteiger partial charge in [-0.15, -0.1) is 11.6 Å². The van der Waals surface area contributed by atoms with Crippen molar-refractivity contribution in [2.45, 2.75) is 31.6 Å². The van der Waals surface area contributed by atoms with E-state index in [-0.39, 0.29) is 0 Å². The zero-order valence-electron chi connectivity index (χ0n) is 5.81. The van der Waals surface area contributed by atoms with E-state index in [0.717, 1.165) is 17.8 Å². The molecule has 2 rings (SSSR count). The zero-order chi connectivity index (χ0) is 6.43. The number of hydrogen-bond acceptors (Lipinski definition) is 0. The van der Waals surface area contributed by atoms with Crippen molar-refractivity contribution in [2.75, 3.05) is 0 Å². The lowest BCUT2D eigenvalue weighted by Gasteiger charge is -2.20. The Hall–Kier alpha value is 0.290. The molecular formula is C8H13Cl. The van der Waals surface area contributed by atoms with Crippen molar-refractivity contribution in [3.8, 4) is 0 Å². The Labute approximate surface area is 61.6 Å². The van der Waals surface area contributed by atoms with E-state index in [1.165, 1.54) is 19.3 Å². The standard InChI is InChI=1S/C8H13Cl/c1-5-2-7-3-6(5)4-8(7)9/h5-8H,2-4H2,1H3. The second kappa shape index (κ2) is 1.88. The maximum absolute atomic E-state index is 6.07. The van der Waals surface area contributed by atoms with Gasteiger partial charge in [0.25, 0.3) is 0 Å². The summed E-state index contributed by atoms with van der Waals surface area (Å²) in [4.78, 5) is 0.